The topological polar surface area (TPSA) is 9.23 Å². The van der Waals surface area contributed by atoms with Crippen LogP contribution >= 0.6 is 44.5 Å². The summed E-state index contributed by atoms with van der Waals surface area (Å²) in [5.74, 6) is 1.57. The lowest BCUT2D eigenvalue weighted by Gasteiger charge is -2.08. The van der Waals surface area contributed by atoms with Crippen LogP contribution in [-0.2, 0) is 6.42 Å². The minimum atomic E-state index is 0.726. The molecule has 1 radical (unpaired) electrons. The molecule has 1 aromatic rings. The Kier molecular flexibility index (Phi) is 4.62. The number of hydrogen-bond acceptors (Lipinski definition) is 1. The fraction of sp³-hybridized carbons (Fsp3) is 0.333. The largest absolute Gasteiger partial charge is 0.497 e. The maximum Gasteiger partial charge on any atom is 0.121 e. The summed E-state index contributed by atoms with van der Waals surface area (Å²) >= 11 is 11.9. The van der Waals surface area contributed by atoms with E-state index >= 15 is 0 Å². The zero-order chi connectivity index (χ0) is 9.84. The fourth-order valence-corrected chi connectivity index (χ4v) is 2.78. The van der Waals surface area contributed by atoms with Crippen LogP contribution < -0.4 is 4.74 Å². The van der Waals surface area contributed by atoms with Gasteiger partial charge in [0, 0.05) is 14.7 Å². The Balaban J connectivity index is 3.07. The van der Waals surface area contributed by atoms with Gasteiger partial charge in [-0.15, -0.1) is 0 Å². The molecule has 0 atom stereocenters. The molecule has 0 bridgehead atoms. The first-order chi connectivity index (χ1) is 6.19. The molecule has 0 N–H and O–H groups in total. The molecule has 0 fully saturated rings. The van der Waals surface area contributed by atoms with Crippen molar-refractivity contribution in [2.45, 2.75) is 6.42 Å². The molecule has 0 amide bonds. The Morgan fingerprint density at radius 1 is 1.31 bits per heavy atom. The molecule has 13 heavy (non-hydrogen) atoms. The van der Waals surface area contributed by atoms with Gasteiger partial charge in [0.15, 0.2) is 0 Å². The summed E-state index contributed by atoms with van der Waals surface area (Å²) in [6.07, 6.45) is 0.889. The van der Waals surface area contributed by atoms with Crippen molar-refractivity contribution in [3.05, 3.63) is 26.6 Å². The van der Waals surface area contributed by atoms with Crippen molar-refractivity contribution >= 4 is 44.5 Å². The third-order valence-electron chi connectivity index (χ3n) is 1.70. The van der Waals surface area contributed by atoms with Crippen molar-refractivity contribution in [1.82, 2.24) is 0 Å². The highest BCUT2D eigenvalue weighted by Crippen LogP contribution is 2.31. The molecular formula is C9H9Br2OS. The van der Waals surface area contributed by atoms with Crippen LogP contribution in [0.1, 0.15) is 5.56 Å². The average molecular weight is 325 g/mol. The molecule has 71 valence electrons. The normalized spacial score (nSPS) is 10.2. The molecule has 0 aliphatic rings. The van der Waals surface area contributed by atoms with Crippen LogP contribution in [0.3, 0.4) is 0 Å². The highest BCUT2D eigenvalue weighted by atomic mass is 79.9. The van der Waals surface area contributed by atoms with Gasteiger partial charge < -0.3 is 4.74 Å². The van der Waals surface area contributed by atoms with Crippen molar-refractivity contribution in [2.75, 3.05) is 12.9 Å². The Hall–Kier alpha value is 0.330. The minimum absolute atomic E-state index is 0.726. The molecule has 0 unspecified atom stereocenters. The summed E-state index contributed by atoms with van der Waals surface area (Å²) < 4.78 is 7.21. The fourth-order valence-electron chi connectivity index (χ4n) is 1.04. The highest BCUT2D eigenvalue weighted by molar-refractivity contribution is 9.11. The van der Waals surface area contributed by atoms with Crippen molar-refractivity contribution in [2.24, 2.45) is 0 Å². The third-order valence-corrected chi connectivity index (χ3v) is 3.32. The maximum atomic E-state index is 5.12. The third kappa shape index (κ3) is 2.89. The number of methoxy groups -OCH3 is 1. The van der Waals surface area contributed by atoms with Gasteiger partial charge in [0.1, 0.15) is 5.75 Å². The first-order valence-electron chi connectivity index (χ1n) is 3.79. The predicted molar refractivity (Wildman–Crippen MR) is 64.6 cm³/mol. The molecular weight excluding hydrogens is 316 g/mol. The van der Waals surface area contributed by atoms with Gasteiger partial charge in [-0.25, -0.2) is 0 Å². The maximum absolute atomic E-state index is 5.12. The predicted octanol–water partition coefficient (Wildman–Crippen LogP) is 3.96. The van der Waals surface area contributed by atoms with E-state index in [0.717, 1.165) is 26.9 Å². The second kappa shape index (κ2) is 5.27. The quantitative estimate of drug-likeness (QED) is 0.817. The Labute approximate surface area is 101 Å². The Morgan fingerprint density at radius 3 is 2.23 bits per heavy atom. The van der Waals surface area contributed by atoms with Crippen LogP contribution in [0.15, 0.2) is 21.1 Å². The molecule has 0 aromatic heterocycles. The van der Waals surface area contributed by atoms with Gasteiger partial charge in [-0.3, -0.25) is 0 Å². The zero-order valence-corrected chi connectivity index (χ0v) is 11.1. The van der Waals surface area contributed by atoms with E-state index in [-0.39, 0.29) is 0 Å². The van der Waals surface area contributed by atoms with Crippen LogP contribution in [0.4, 0.5) is 0 Å². The van der Waals surface area contributed by atoms with Gasteiger partial charge in [-0.1, -0.05) is 44.5 Å². The molecule has 1 nitrogen and oxygen atoms in total. The van der Waals surface area contributed by atoms with Crippen molar-refractivity contribution in [3.8, 4) is 5.75 Å². The number of hydrogen-bond donors (Lipinski definition) is 0. The van der Waals surface area contributed by atoms with E-state index in [1.807, 2.05) is 12.1 Å². The second-order valence-electron chi connectivity index (χ2n) is 2.52. The van der Waals surface area contributed by atoms with E-state index in [1.165, 1.54) is 5.56 Å². The van der Waals surface area contributed by atoms with Gasteiger partial charge in [0.05, 0.1) is 7.11 Å². The van der Waals surface area contributed by atoms with E-state index < -0.39 is 0 Å². The molecule has 1 rings (SSSR count). The van der Waals surface area contributed by atoms with E-state index in [1.54, 1.807) is 7.11 Å². The average Bonchev–Trinajstić information content (AvgIpc) is 2.11. The number of benzene rings is 1. The van der Waals surface area contributed by atoms with E-state index in [9.17, 15) is 0 Å². The summed E-state index contributed by atoms with van der Waals surface area (Å²) in [4.78, 5) is 0. The molecule has 0 aliphatic carbocycles. The molecule has 0 aliphatic heterocycles. The Bertz CT molecular complexity index is 279. The van der Waals surface area contributed by atoms with Gasteiger partial charge in [0.2, 0.25) is 0 Å². The first-order valence-corrected chi connectivity index (χ1v) is 5.95. The van der Waals surface area contributed by atoms with Gasteiger partial charge >= 0.3 is 0 Å². The minimum Gasteiger partial charge on any atom is -0.497 e. The van der Waals surface area contributed by atoms with E-state index in [0.29, 0.717) is 0 Å². The highest BCUT2D eigenvalue weighted by Gasteiger charge is 2.06. The van der Waals surface area contributed by atoms with Gasteiger partial charge in [-0.05, 0) is 24.1 Å². The van der Waals surface area contributed by atoms with Crippen LogP contribution in [0.25, 0.3) is 0 Å². The zero-order valence-electron chi connectivity index (χ0n) is 7.14. The summed E-state index contributed by atoms with van der Waals surface area (Å²) in [5, 5.41) is 0. The number of halogens is 2. The summed E-state index contributed by atoms with van der Waals surface area (Å²) in [5.41, 5.74) is 1.20. The Morgan fingerprint density at radius 2 is 1.85 bits per heavy atom. The molecule has 0 saturated heterocycles. The van der Waals surface area contributed by atoms with Crippen molar-refractivity contribution in [3.63, 3.8) is 0 Å². The van der Waals surface area contributed by atoms with E-state index in [4.69, 9.17) is 17.4 Å². The molecule has 0 spiro atoms. The lowest BCUT2D eigenvalue weighted by atomic mass is 10.2. The van der Waals surface area contributed by atoms with Crippen LogP contribution in [-0.4, -0.2) is 12.9 Å². The monoisotopic (exact) mass is 323 g/mol. The molecule has 0 heterocycles. The summed E-state index contributed by atoms with van der Waals surface area (Å²) in [6, 6.07) is 3.90. The lowest BCUT2D eigenvalue weighted by Crippen LogP contribution is -1.92. The first kappa shape index (κ1) is 11.4. The molecule has 0 saturated carbocycles. The molecule has 4 heteroatoms. The van der Waals surface area contributed by atoms with Crippen molar-refractivity contribution < 1.29 is 4.74 Å². The van der Waals surface area contributed by atoms with Crippen molar-refractivity contribution in [1.29, 1.82) is 0 Å². The standard InChI is InChI=1S/C9H9Br2OS/c1-12-6-4-8(10)7(2-3-13)9(11)5-6/h4-5H,2-3H2,1H3. The summed E-state index contributed by atoms with van der Waals surface area (Å²) in [6.45, 7) is 0. The van der Waals surface area contributed by atoms with E-state index in [2.05, 4.69) is 31.9 Å². The SMILES string of the molecule is COc1cc(Br)c(CC[S])c(Br)c1. The van der Waals surface area contributed by atoms with Crippen LogP contribution in [0, 0.1) is 0 Å². The van der Waals surface area contributed by atoms with Crippen LogP contribution in [0.5, 0.6) is 5.75 Å². The smallest absolute Gasteiger partial charge is 0.121 e. The number of rotatable bonds is 3. The van der Waals surface area contributed by atoms with Gasteiger partial charge in [-0.2, -0.15) is 0 Å². The van der Waals surface area contributed by atoms with Gasteiger partial charge in [0.25, 0.3) is 0 Å². The lowest BCUT2D eigenvalue weighted by molar-refractivity contribution is 0.414. The molecule has 1 aromatic carbocycles. The number of ether oxygens (including phenoxy) is 1. The summed E-state index contributed by atoms with van der Waals surface area (Å²) in [7, 11) is 1.65. The van der Waals surface area contributed by atoms with Crippen LogP contribution in [0.2, 0.25) is 0 Å². The second-order valence-corrected chi connectivity index (χ2v) is 4.64.